The Balaban J connectivity index is 1.34. The highest BCUT2D eigenvalue weighted by Crippen LogP contribution is 2.39. The molecule has 2 aromatic rings. The van der Waals surface area contributed by atoms with Crippen LogP contribution >= 0.6 is 0 Å². The fraction of sp³-hybridized carbons (Fsp3) is 0.556. The molecule has 1 aliphatic carbocycles. The van der Waals surface area contributed by atoms with Crippen LogP contribution in [0.25, 0.3) is 0 Å². The average Bonchev–Trinajstić information content (AvgIpc) is 3.31. The van der Waals surface area contributed by atoms with E-state index in [9.17, 15) is 0 Å². The lowest BCUT2D eigenvalue weighted by Crippen LogP contribution is -2.36. The van der Waals surface area contributed by atoms with E-state index in [0.29, 0.717) is 11.8 Å². The van der Waals surface area contributed by atoms with Gasteiger partial charge in [-0.1, -0.05) is 35.5 Å². The molecule has 1 saturated carbocycles. The second-order valence-corrected chi connectivity index (χ2v) is 6.64. The van der Waals surface area contributed by atoms with E-state index in [-0.39, 0.29) is 0 Å². The van der Waals surface area contributed by atoms with Crippen molar-refractivity contribution in [2.75, 3.05) is 19.6 Å². The molecule has 0 amide bonds. The molecule has 1 saturated heterocycles. The van der Waals surface area contributed by atoms with Gasteiger partial charge in [0.25, 0.3) is 0 Å². The van der Waals surface area contributed by atoms with E-state index in [0.717, 1.165) is 31.2 Å². The van der Waals surface area contributed by atoms with Crippen molar-refractivity contribution >= 4 is 0 Å². The third-order valence-electron chi connectivity index (χ3n) is 4.81. The summed E-state index contributed by atoms with van der Waals surface area (Å²) in [6.07, 6.45) is 5.97. The Bertz CT molecular complexity index is 606. The van der Waals surface area contributed by atoms with Gasteiger partial charge in [-0.25, -0.2) is 0 Å². The van der Waals surface area contributed by atoms with E-state index in [4.69, 9.17) is 4.52 Å². The van der Waals surface area contributed by atoms with Crippen LogP contribution in [0, 0.1) is 0 Å². The quantitative estimate of drug-likeness (QED) is 0.848. The molecule has 0 spiro atoms. The number of aromatic nitrogens is 2. The summed E-state index contributed by atoms with van der Waals surface area (Å²) >= 11 is 0. The van der Waals surface area contributed by atoms with Crippen LogP contribution in [0.1, 0.15) is 54.8 Å². The van der Waals surface area contributed by atoms with Gasteiger partial charge in [-0.2, -0.15) is 4.98 Å². The van der Waals surface area contributed by atoms with E-state index in [1.165, 1.54) is 37.8 Å². The zero-order valence-corrected chi connectivity index (χ0v) is 12.9. The fourth-order valence-corrected chi connectivity index (χ4v) is 3.31. The van der Waals surface area contributed by atoms with E-state index >= 15 is 0 Å². The Hall–Kier alpha value is -1.68. The predicted molar refractivity (Wildman–Crippen MR) is 84.8 cm³/mol. The van der Waals surface area contributed by atoms with Crippen molar-refractivity contribution in [3.63, 3.8) is 0 Å². The lowest BCUT2D eigenvalue weighted by molar-refractivity contribution is 0.204. The van der Waals surface area contributed by atoms with Gasteiger partial charge in [-0.15, -0.1) is 0 Å². The van der Waals surface area contributed by atoms with Gasteiger partial charge in [0.2, 0.25) is 5.89 Å². The zero-order valence-electron chi connectivity index (χ0n) is 12.9. The fourth-order valence-electron chi connectivity index (χ4n) is 3.31. The van der Waals surface area contributed by atoms with Gasteiger partial charge < -0.3 is 9.42 Å². The number of nitrogens with zero attached hydrogens (tertiary/aromatic N) is 3. The summed E-state index contributed by atoms with van der Waals surface area (Å²) in [5.74, 6) is 2.81. The molecule has 2 heterocycles. The molecule has 2 aliphatic rings. The number of hydrogen-bond donors (Lipinski definition) is 0. The minimum Gasteiger partial charge on any atom is -0.339 e. The number of piperidine rings is 1. The summed E-state index contributed by atoms with van der Waals surface area (Å²) in [5, 5.41) is 4.24. The number of hydrogen-bond acceptors (Lipinski definition) is 4. The Kier molecular flexibility index (Phi) is 3.94. The minimum absolute atomic E-state index is 0.445. The summed E-state index contributed by atoms with van der Waals surface area (Å²) < 4.78 is 5.43. The topological polar surface area (TPSA) is 42.2 Å². The first-order valence-corrected chi connectivity index (χ1v) is 8.48. The molecule has 4 nitrogen and oxygen atoms in total. The Morgan fingerprint density at radius 2 is 1.95 bits per heavy atom. The van der Waals surface area contributed by atoms with Crippen LogP contribution in [0.4, 0.5) is 0 Å². The van der Waals surface area contributed by atoms with Crippen LogP contribution < -0.4 is 0 Å². The highest BCUT2D eigenvalue weighted by molar-refractivity contribution is 5.15. The molecule has 1 atom stereocenters. The maximum atomic E-state index is 5.43. The Morgan fingerprint density at radius 3 is 2.77 bits per heavy atom. The first kappa shape index (κ1) is 13.9. The maximum absolute atomic E-state index is 5.43. The zero-order chi connectivity index (χ0) is 14.8. The number of benzene rings is 1. The average molecular weight is 297 g/mol. The smallest absolute Gasteiger partial charge is 0.229 e. The standard InChI is InChI=1S/C18H23N3O/c1-2-5-14(6-3-1)10-12-21-11-4-7-16(13-21)17-19-18(22-20-17)15-8-9-15/h1-3,5-6,15-16H,4,7-13H2/t16-/m1/s1. The van der Waals surface area contributed by atoms with Gasteiger partial charge in [-0.05, 0) is 44.2 Å². The lowest BCUT2D eigenvalue weighted by Gasteiger charge is -2.31. The van der Waals surface area contributed by atoms with Crippen LogP contribution in [-0.4, -0.2) is 34.7 Å². The van der Waals surface area contributed by atoms with E-state index < -0.39 is 0 Å². The molecule has 0 N–H and O–H groups in total. The monoisotopic (exact) mass is 297 g/mol. The van der Waals surface area contributed by atoms with Crippen LogP contribution in [0.5, 0.6) is 0 Å². The SMILES string of the molecule is c1ccc(CCN2CCC[C@@H](c3noc(C4CC4)n3)C2)cc1. The molecule has 1 aromatic heterocycles. The second kappa shape index (κ2) is 6.21. The van der Waals surface area contributed by atoms with E-state index in [1.807, 2.05) is 0 Å². The Morgan fingerprint density at radius 1 is 1.09 bits per heavy atom. The largest absolute Gasteiger partial charge is 0.339 e. The normalized spacial score (nSPS) is 22.8. The van der Waals surface area contributed by atoms with Crippen LogP contribution in [-0.2, 0) is 6.42 Å². The van der Waals surface area contributed by atoms with Crippen molar-refractivity contribution < 1.29 is 4.52 Å². The molecule has 1 aromatic carbocycles. The highest BCUT2D eigenvalue weighted by atomic mass is 16.5. The van der Waals surface area contributed by atoms with Gasteiger partial charge >= 0.3 is 0 Å². The van der Waals surface area contributed by atoms with Crippen molar-refractivity contribution in [2.45, 2.75) is 43.9 Å². The van der Waals surface area contributed by atoms with Crippen LogP contribution in [0.2, 0.25) is 0 Å². The third-order valence-corrected chi connectivity index (χ3v) is 4.81. The molecule has 1 aliphatic heterocycles. The van der Waals surface area contributed by atoms with Gasteiger partial charge in [0.15, 0.2) is 5.82 Å². The van der Waals surface area contributed by atoms with Gasteiger partial charge in [0, 0.05) is 24.9 Å². The number of rotatable bonds is 5. The van der Waals surface area contributed by atoms with Gasteiger partial charge in [0.1, 0.15) is 0 Å². The van der Waals surface area contributed by atoms with Crippen molar-refractivity contribution in [3.05, 3.63) is 47.6 Å². The van der Waals surface area contributed by atoms with Gasteiger partial charge in [-0.3, -0.25) is 0 Å². The summed E-state index contributed by atoms with van der Waals surface area (Å²) in [6.45, 7) is 3.38. The highest BCUT2D eigenvalue weighted by Gasteiger charge is 2.32. The third kappa shape index (κ3) is 3.22. The van der Waals surface area contributed by atoms with E-state index in [2.05, 4.69) is 45.4 Å². The molecule has 0 radical (unpaired) electrons. The minimum atomic E-state index is 0.445. The molecular formula is C18H23N3O. The molecule has 4 heteroatoms. The molecule has 0 bridgehead atoms. The van der Waals surface area contributed by atoms with Crippen molar-refractivity contribution in [3.8, 4) is 0 Å². The molecule has 116 valence electrons. The van der Waals surface area contributed by atoms with Crippen LogP contribution in [0.15, 0.2) is 34.9 Å². The summed E-state index contributed by atoms with van der Waals surface area (Å²) in [7, 11) is 0. The summed E-state index contributed by atoms with van der Waals surface area (Å²) in [5.41, 5.74) is 1.42. The van der Waals surface area contributed by atoms with Crippen molar-refractivity contribution in [2.24, 2.45) is 0 Å². The van der Waals surface area contributed by atoms with Gasteiger partial charge in [0.05, 0.1) is 0 Å². The van der Waals surface area contributed by atoms with Crippen molar-refractivity contribution in [1.82, 2.24) is 15.0 Å². The molecular weight excluding hydrogens is 274 g/mol. The summed E-state index contributed by atoms with van der Waals surface area (Å²) in [6, 6.07) is 10.7. The summed E-state index contributed by atoms with van der Waals surface area (Å²) in [4.78, 5) is 7.19. The first-order chi connectivity index (χ1) is 10.9. The molecule has 22 heavy (non-hydrogen) atoms. The lowest BCUT2D eigenvalue weighted by atomic mass is 9.97. The van der Waals surface area contributed by atoms with Crippen LogP contribution in [0.3, 0.4) is 0 Å². The molecule has 0 unspecified atom stereocenters. The second-order valence-electron chi connectivity index (χ2n) is 6.64. The number of likely N-dealkylation sites (tertiary alicyclic amines) is 1. The van der Waals surface area contributed by atoms with Crippen molar-refractivity contribution in [1.29, 1.82) is 0 Å². The molecule has 2 fully saturated rings. The molecule has 4 rings (SSSR count). The Labute approximate surface area is 131 Å². The maximum Gasteiger partial charge on any atom is 0.229 e. The van der Waals surface area contributed by atoms with E-state index in [1.54, 1.807) is 0 Å². The predicted octanol–water partition coefficient (Wildman–Crippen LogP) is 3.37. The first-order valence-electron chi connectivity index (χ1n) is 8.48.